The Morgan fingerprint density at radius 2 is 2.03 bits per heavy atom. The van der Waals surface area contributed by atoms with Crippen molar-refractivity contribution in [3.8, 4) is 11.5 Å². The van der Waals surface area contributed by atoms with E-state index in [0.29, 0.717) is 28.8 Å². The lowest BCUT2D eigenvalue weighted by Gasteiger charge is -2.23. The summed E-state index contributed by atoms with van der Waals surface area (Å²) in [4.78, 5) is 32.6. The van der Waals surface area contributed by atoms with Crippen molar-refractivity contribution in [2.24, 2.45) is 0 Å². The van der Waals surface area contributed by atoms with E-state index in [1.165, 1.54) is 35.5 Å². The SMILES string of the molecule is CCOc1ccc(C2c3c(oc4ccc(F)cc4c3=O)C(=O)N2c2nccs2)cc1OC. The van der Waals surface area contributed by atoms with E-state index in [2.05, 4.69) is 4.98 Å². The zero-order chi connectivity index (χ0) is 22.4. The van der Waals surface area contributed by atoms with Crippen molar-refractivity contribution < 1.29 is 23.1 Å². The minimum atomic E-state index is -0.822. The lowest BCUT2D eigenvalue weighted by molar-refractivity contribution is 0.0971. The standard InChI is InChI=1S/C23H17FN2O5S/c1-3-30-16-6-4-12(10-17(16)29-2)19-18-20(27)14-11-13(24)5-7-15(14)31-21(18)22(28)26(19)23-25-8-9-32-23/h4-11,19H,3H2,1-2H3. The molecule has 1 unspecified atom stereocenters. The molecular weight excluding hydrogens is 435 g/mol. The quantitative estimate of drug-likeness (QED) is 0.442. The largest absolute Gasteiger partial charge is 0.493 e. The van der Waals surface area contributed by atoms with Crippen molar-refractivity contribution >= 4 is 33.3 Å². The van der Waals surface area contributed by atoms with E-state index < -0.39 is 23.2 Å². The Hall–Kier alpha value is -3.72. The molecule has 0 saturated heterocycles. The van der Waals surface area contributed by atoms with E-state index in [-0.39, 0.29) is 22.3 Å². The summed E-state index contributed by atoms with van der Waals surface area (Å²) in [6.45, 7) is 2.31. The number of benzene rings is 2. The fourth-order valence-corrected chi connectivity index (χ4v) is 4.59. The highest BCUT2D eigenvalue weighted by atomic mass is 32.1. The first kappa shape index (κ1) is 20.2. The lowest BCUT2D eigenvalue weighted by Crippen LogP contribution is -2.29. The van der Waals surface area contributed by atoms with E-state index in [0.717, 1.165) is 6.07 Å². The molecule has 0 radical (unpaired) electrons. The highest BCUT2D eigenvalue weighted by molar-refractivity contribution is 7.13. The number of carbonyl (C=O) groups excluding carboxylic acids is 1. The summed E-state index contributed by atoms with van der Waals surface area (Å²) >= 11 is 1.26. The average molecular weight is 452 g/mol. The summed E-state index contributed by atoms with van der Waals surface area (Å²) in [7, 11) is 1.51. The van der Waals surface area contributed by atoms with Crippen LogP contribution < -0.4 is 19.8 Å². The molecule has 1 atom stereocenters. The molecule has 1 aliphatic rings. The van der Waals surface area contributed by atoms with Gasteiger partial charge in [-0.1, -0.05) is 6.07 Å². The molecule has 32 heavy (non-hydrogen) atoms. The molecular formula is C23H17FN2O5S. The van der Waals surface area contributed by atoms with Gasteiger partial charge in [0.25, 0.3) is 5.91 Å². The van der Waals surface area contributed by atoms with Crippen LogP contribution in [-0.2, 0) is 0 Å². The monoisotopic (exact) mass is 452 g/mol. The zero-order valence-electron chi connectivity index (χ0n) is 17.1. The van der Waals surface area contributed by atoms with Crippen LogP contribution in [0.1, 0.15) is 34.6 Å². The van der Waals surface area contributed by atoms with Crippen molar-refractivity contribution in [1.82, 2.24) is 4.98 Å². The Bertz CT molecular complexity index is 1400. The molecule has 3 heterocycles. The first-order valence-corrected chi connectivity index (χ1v) is 10.7. The Morgan fingerprint density at radius 1 is 1.19 bits per heavy atom. The number of nitrogens with zero attached hydrogens (tertiary/aromatic N) is 2. The molecule has 0 saturated carbocycles. The predicted octanol–water partition coefficient (Wildman–Crippen LogP) is 4.55. The number of hydrogen-bond acceptors (Lipinski definition) is 7. The maximum absolute atomic E-state index is 13.9. The molecule has 4 aromatic rings. The molecule has 0 aliphatic carbocycles. The molecule has 5 rings (SSSR count). The first-order valence-electron chi connectivity index (χ1n) is 9.83. The van der Waals surface area contributed by atoms with Crippen molar-refractivity contribution in [3.63, 3.8) is 0 Å². The minimum Gasteiger partial charge on any atom is -0.493 e. The van der Waals surface area contributed by atoms with Gasteiger partial charge in [0, 0.05) is 11.6 Å². The normalized spacial score (nSPS) is 15.3. The van der Waals surface area contributed by atoms with Gasteiger partial charge < -0.3 is 13.9 Å². The number of fused-ring (bicyclic) bond motifs is 2. The molecule has 0 bridgehead atoms. The number of thiazole rings is 1. The average Bonchev–Trinajstić information content (AvgIpc) is 3.41. The number of rotatable bonds is 5. The van der Waals surface area contributed by atoms with Gasteiger partial charge in [-0.15, -0.1) is 11.3 Å². The van der Waals surface area contributed by atoms with Crippen LogP contribution in [0.5, 0.6) is 11.5 Å². The van der Waals surface area contributed by atoms with Gasteiger partial charge in [0.1, 0.15) is 11.4 Å². The number of ether oxygens (including phenoxy) is 2. The number of halogens is 1. The van der Waals surface area contributed by atoms with Crippen molar-refractivity contribution in [3.05, 3.63) is 80.9 Å². The second kappa shape index (κ2) is 7.76. The van der Waals surface area contributed by atoms with Gasteiger partial charge in [0.2, 0.25) is 5.76 Å². The lowest BCUT2D eigenvalue weighted by atomic mass is 9.98. The van der Waals surface area contributed by atoms with Crippen LogP contribution in [0.4, 0.5) is 9.52 Å². The number of hydrogen-bond donors (Lipinski definition) is 0. The summed E-state index contributed by atoms with van der Waals surface area (Å²) in [5.41, 5.74) is 0.420. The van der Waals surface area contributed by atoms with Gasteiger partial charge in [-0.05, 0) is 42.8 Å². The number of carbonyl (C=O) groups is 1. The van der Waals surface area contributed by atoms with Crippen molar-refractivity contribution in [1.29, 1.82) is 0 Å². The molecule has 0 spiro atoms. The van der Waals surface area contributed by atoms with Crippen LogP contribution >= 0.6 is 11.3 Å². The van der Waals surface area contributed by atoms with Crippen LogP contribution in [-0.4, -0.2) is 24.6 Å². The van der Waals surface area contributed by atoms with E-state index in [9.17, 15) is 14.0 Å². The van der Waals surface area contributed by atoms with Crippen LogP contribution in [0, 0.1) is 5.82 Å². The van der Waals surface area contributed by atoms with Crippen molar-refractivity contribution in [2.45, 2.75) is 13.0 Å². The minimum absolute atomic E-state index is 0.0699. The fraction of sp³-hybridized carbons (Fsp3) is 0.174. The molecule has 7 nitrogen and oxygen atoms in total. The summed E-state index contributed by atoms with van der Waals surface area (Å²) in [6.07, 6.45) is 1.58. The van der Waals surface area contributed by atoms with Crippen molar-refractivity contribution in [2.75, 3.05) is 18.6 Å². The molecule has 2 aromatic heterocycles. The number of methoxy groups -OCH3 is 1. The van der Waals surface area contributed by atoms with E-state index in [1.807, 2.05) is 6.92 Å². The Balaban J connectivity index is 1.78. The number of aromatic nitrogens is 1. The smallest absolute Gasteiger partial charge is 0.297 e. The Kier molecular flexibility index (Phi) is 4.90. The maximum Gasteiger partial charge on any atom is 0.297 e. The number of anilines is 1. The fourth-order valence-electron chi connectivity index (χ4n) is 3.92. The summed E-state index contributed by atoms with van der Waals surface area (Å²) in [5, 5.41) is 2.22. The zero-order valence-corrected chi connectivity index (χ0v) is 17.9. The second-order valence-electron chi connectivity index (χ2n) is 7.05. The third-order valence-corrected chi connectivity index (χ3v) is 6.03. The molecule has 1 amide bonds. The van der Waals surface area contributed by atoms with E-state index >= 15 is 0 Å². The van der Waals surface area contributed by atoms with Crippen LogP contribution in [0.25, 0.3) is 11.0 Å². The van der Waals surface area contributed by atoms with Gasteiger partial charge in [-0.25, -0.2) is 9.37 Å². The van der Waals surface area contributed by atoms with Gasteiger partial charge in [-0.3, -0.25) is 14.5 Å². The molecule has 2 aromatic carbocycles. The summed E-state index contributed by atoms with van der Waals surface area (Å²) in [6, 6.07) is 8.03. The molecule has 9 heteroatoms. The third-order valence-electron chi connectivity index (χ3n) is 5.26. The van der Waals surface area contributed by atoms with Crippen LogP contribution in [0.2, 0.25) is 0 Å². The second-order valence-corrected chi connectivity index (χ2v) is 7.92. The Labute approximate surface area is 185 Å². The van der Waals surface area contributed by atoms with Gasteiger partial charge in [-0.2, -0.15) is 0 Å². The van der Waals surface area contributed by atoms with Crippen LogP contribution in [0.3, 0.4) is 0 Å². The number of amides is 1. The molecule has 162 valence electrons. The van der Waals surface area contributed by atoms with Gasteiger partial charge in [0.05, 0.1) is 30.7 Å². The highest BCUT2D eigenvalue weighted by Crippen LogP contribution is 2.43. The third kappa shape index (κ3) is 3.04. The van der Waals surface area contributed by atoms with E-state index in [1.54, 1.807) is 29.8 Å². The maximum atomic E-state index is 13.9. The van der Waals surface area contributed by atoms with Gasteiger partial charge in [0.15, 0.2) is 22.1 Å². The highest BCUT2D eigenvalue weighted by Gasteiger charge is 2.45. The van der Waals surface area contributed by atoms with E-state index in [4.69, 9.17) is 13.9 Å². The topological polar surface area (TPSA) is 81.9 Å². The summed E-state index contributed by atoms with van der Waals surface area (Å²) < 4.78 is 30.8. The van der Waals surface area contributed by atoms with Gasteiger partial charge >= 0.3 is 0 Å². The Morgan fingerprint density at radius 3 is 2.75 bits per heavy atom. The predicted molar refractivity (Wildman–Crippen MR) is 117 cm³/mol. The summed E-state index contributed by atoms with van der Waals surface area (Å²) in [5.74, 6) is -0.138. The van der Waals surface area contributed by atoms with Crippen LogP contribution in [0.15, 0.2) is 57.2 Å². The first-order chi connectivity index (χ1) is 15.5. The molecule has 0 fully saturated rings. The molecule has 1 aliphatic heterocycles. The molecule has 0 N–H and O–H groups in total.